The molecule has 0 bridgehead atoms. The molecule has 0 aliphatic rings. The lowest BCUT2D eigenvalue weighted by Gasteiger charge is -2.13. The van der Waals surface area contributed by atoms with Crippen molar-refractivity contribution in [2.45, 2.75) is 33.4 Å². The van der Waals surface area contributed by atoms with Gasteiger partial charge >= 0.3 is 0 Å². The highest BCUT2D eigenvalue weighted by Gasteiger charge is 2.06. The first-order valence-corrected chi connectivity index (χ1v) is 9.71. The quantitative estimate of drug-likeness (QED) is 0.549. The largest absolute Gasteiger partial charge is 0.357 e. The lowest BCUT2D eigenvalue weighted by molar-refractivity contribution is 0.392. The maximum absolute atomic E-state index is 13.9. The highest BCUT2D eigenvalue weighted by Crippen LogP contribution is 2.13. The fourth-order valence-electron chi connectivity index (χ4n) is 2.53. The first-order valence-electron chi connectivity index (χ1n) is 8.83. The number of aromatic nitrogens is 1. The molecular formula is C19H28FN5S. The Kier molecular flexibility index (Phi) is 8.00. The predicted molar refractivity (Wildman–Crippen MR) is 107 cm³/mol. The van der Waals surface area contributed by atoms with Crippen LogP contribution in [-0.2, 0) is 19.5 Å². The molecule has 7 heteroatoms. The second kappa shape index (κ2) is 10.2. The van der Waals surface area contributed by atoms with E-state index in [-0.39, 0.29) is 5.82 Å². The number of nitrogens with one attached hydrogen (secondary N) is 2. The van der Waals surface area contributed by atoms with Crippen LogP contribution in [0, 0.1) is 12.7 Å². The average molecular weight is 378 g/mol. The smallest absolute Gasteiger partial charge is 0.191 e. The zero-order valence-electron chi connectivity index (χ0n) is 16.0. The summed E-state index contributed by atoms with van der Waals surface area (Å²) in [6.07, 6.45) is 0.859. The van der Waals surface area contributed by atoms with Crippen molar-refractivity contribution in [3.63, 3.8) is 0 Å². The molecule has 0 atom stereocenters. The van der Waals surface area contributed by atoms with Crippen LogP contribution in [0.1, 0.15) is 28.8 Å². The molecule has 0 amide bonds. The summed E-state index contributed by atoms with van der Waals surface area (Å²) < 4.78 is 13.9. The average Bonchev–Trinajstić information content (AvgIpc) is 3.00. The molecule has 0 radical (unpaired) electrons. The van der Waals surface area contributed by atoms with Gasteiger partial charge in [0, 0.05) is 37.0 Å². The summed E-state index contributed by atoms with van der Waals surface area (Å²) in [6, 6.07) is 5.20. The van der Waals surface area contributed by atoms with Crippen molar-refractivity contribution in [3.05, 3.63) is 51.2 Å². The summed E-state index contributed by atoms with van der Waals surface area (Å²) in [5, 5.41) is 9.75. The third kappa shape index (κ3) is 6.72. The Labute approximate surface area is 159 Å². The molecular weight excluding hydrogens is 349 g/mol. The molecule has 26 heavy (non-hydrogen) atoms. The summed E-state index contributed by atoms with van der Waals surface area (Å²) in [6.45, 7) is 6.69. The molecule has 0 spiro atoms. The summed E-state index contributed by atoms with van der Waals surface area (Å²) >= 11 is 1.67. The third-order valence-corrected chi connectivity index (χ3v) is 4.52. The molecule has 1 aromatic heterocycles. The van der Waals surface area contributed by atoms with Crippen molar-refractivity contribution in [2.24, 2.45) is 4.99 Å². The van der Waals surface area contributed by atoms with Crippen LogP contribution in [0.15, 0.2) is 28.6 Å². The van der Waals surface area contributed by atoms with Gasteiger partial charge in [0.15, 0.2) is 5.96 Å². The molecule has 0 aliphatic heterocycles. The molecule has 142 valence electrons. The number of aliphatic imine (C=N–C) groups is 1. The summed E-state index contributed by atoms with van der Waals surface area (Å²) in [5.41, 5.74) is 2.79. The zero-order chi connectivity index (χ0) is 18.9. The van der Waals surface area contributed by atoms with Crippen molar-refractivity contribution in [2.75, 3.05) is 27.2 Å². The highest BCUT2D eigenvalue weighted by atomic mass is 32.1. The van der Waals surface area contributed by atoms with Crippen molar-refractivity contribution < 1.29 is 4.39 Å². The van der Waals surface area contributed by atoms with Crippen LogP contribution in [0.3, 0.4) is 0 Å². The number of aryl methyl sites for hydroxylation is 1. The van der Waals surface area contributed by atoms with Crippen molar-refractivity contribution >= 4 is 17.3 Å². The van der Waals surface area contributed by atoms with Crippen LogP contribution in [0.25, 0.3) is 0 Å². The van der Waals surface area contributed by atoms with Gasteiger partial charge in [0.2, 0.25) is 0 Å². The Morgan fingerprint density at radius 3 is 2.77 bits per heavy atom. The van der Waals surface area contributed by atoms with Crippen LogP contribution < -0.4 is 10.6 Å². The second-order valence-electron chi connectivity index (χ2n) is 6.39. The van der Waals surface area contributed by atoms with Gasteiger partial charge in [-0.1, -0.05) is 6.07 Å². The standard InChI is InChI=1S/C19H28FN5S/c1-5-21-19(22-9-8-17-13-26-14(2)24-17)23-11-15-6-7-18(20)16(10-15)12-25(3)4/h6-7,10,13H,5,8-9,11-12H2,1-4H3,(H2,21,22,23). The number of benzene rings is 1. The molecule has 0 aliphatic carbocycles. The molecule has 2 N–H and O–H groups in total. The van der Waals surface area contributed by atoms with Crippen LogP contribution in [0.5, 0.6) is 0 Å². The lowest BCUT2D eigenvalue weighted by atomic mass is 10.1. The van der Waals surface area contributed by atoms with Gasteiger partial charge in [0.05, 0.1) is 17.2 Å². The van der Waals surface area contributed by atoms with Gasteiger partial charge in [-0.2, -0.15) is 0 Å². The molecule has 0 unspecified atom stereocenters. The molecule has 1 aromatic carbocycles. The van der Waals surface area contributed by atoms with Gasteiger partial charge < -0.3 is 15.5 Å². The predicted octanol–water partition coefficient (Wildman–Crippen LogP) is 2.95. The number of rotatable bonds is 8. The van der Waals surface area contributed by atoms with Crippen molar-refractivity contribution in [1.29, 1.82) is 0 Å². The minimum atomic E-state index is -0.171. The molecule has 2 rings (SSSR count). The van der Waals surface area contributed by atoms with E-state index in [9.17, 15) is 4.39 Å². The number of halogens is 1. The summed E-state index contributed by atoms with van der Waals surface area (Å²) in [4.78, 5) is 11.0. The topological polar surface area (TPSA) is 52.6 Å². The molecule has 1 heterocycles. The van der Waals surface area contributed by atoms with Crippen LogP contribution >= 0.6 is 11.3 Å². The maximum atomic E-state index is 13.9. The first-order chi connectivity index (χ1) is 12.5. The van der Waals surface area contributed by atoms with E-state index in [2.05, 4.69) is 26.0 Å². The van der Waals surface area contributed by atoms with E-state index in [1.807, 2.05) is 38.9 Å². The van der Waals surface area contributed by atoms with Crippen molar-refractivity contribution in [1.82, 2.24) is 20.5 Å². The van der Waals surface area contributed by atoms with E-state index in [0.717, 1.165) is 41.7 Å². The normalized spacial score (nSPS) is 11.8. The van der Waals surface area contributed by atoms with E-state index in [1.165, 1.54) is 6.07 Å². The summed E-state index contributed by atoms with van der Waals surface area (Å²) in [5.74, 6) is 0.591. The minimum Gasteiger partial charge on any atom is -0.357 e. The van der Waals surface area contributed by atoms with Gasteiger partial charge in [-0.15, -0.1) is 11.3 Å². The molecule has 0 saturated carbocycles. The second-order valence-corrected chi connectivity index (χ2v) is 7.46. The molecule has 2 aromatic rings. The number of thiazole rings is 1. The Morgan fingerprint density at radius 1 is 1.31 bits per heavy atom. The van der Waals surface area contributed by atoms with Crippen LogP contribution in [0.4, 0.5) is 4.39 Å². The lowest BCUT2D eigenvalue weighted by Crippen LogP contribution is -2.38. The van der Waals surface area contributed by atoms with Gasteiger partial charge in [-0.3, -0.25) is 0 Å². The highest BCUT2D eigenvalue weighted by molar-refractivity contribution is 7.09. The molecule has 0 fully saturated rings. The van der Waals surface area contributed by atoms with E-state index in [0.29, 0.717) is 18.7 Å². The third-order valence-electron chi connectivity index (χ3n) is 3.70. The fraction of sp³-hybridized carbons (Fsp3) is 0.474. The van der Waals surface area contributed by atoms with E-state index < -0.39 is 0 Å². The number of hydrogen-bond donors (Lipinski definition) is 2. The molecule has 0 saturated heterocycles. The maximum Gasteiger partial charge on any atom is 0.191 e. The van der Waals surface area contributed by atoms with Gasteiger partial charge in [0.25, 0.3) is 0 Å². The fourth-order valence-corrected chi connectivity index (χ4v) is 3.18. The van der Waals surface area contributed by atoms with E-state index in [1.54, 1.807) is 17.4 Å². The number of guanidine groups is 1. The monoisotopic (exact) mass is 377 g/mol. The molecule has 5 nitrogen and oxygen atoms in total. The van der Waals surface area contributed by atoms with E-state index >= 15 is 0 Å². The minimum absolute atomic E-state index is 0.171. The Bertz CT molecular complexity index is 726. The first kappa shape index (κ1) is 20.3. The summed E-state index contributed by atoms with van der Waals surface area (Å²) in [7, 11) is 3.86. The Hall–Kier alpha value is -1.99. The van der Waals surface area contributed by atoms with E-state index in [4.69, 9.17) is 0 Å². The zero-order valence-corrected chi connectivity index (χ0v) is 16.8. The van der Waals surface area contributed by atoms with Crippen molar-refractivity contribution in [3.8, 4) is 0 Å². The Morgan fingerprint density at radius 2 is 2.12 bits per heavy atom. The number of nitrogens with zero attached hydrogens (tertiary/aromatic N) is 3. The SMILES string of the molecule is CCNC(=NCc1ccc(F)c(CN(C)C)c1)NCCc1csc(C)n1. The van der Waals surface area contributed by atoms with Crippen LogP contribution in [0.2, 0.25) is 0 Å². The number of hydrogen-bond acceptors (Lipinski definition) is 4. The Balaban J connectivity index is 1.95. The van der Waals surface area contributed by atoms with Gasteiger partial charge in [0.1, 0.15) is 5.82 Å². The van der Waals surface area contributed by atoms with Crippen LogP contribution in [-0.4, -0.2) is 43.0 Å². The van der Waals surface area contributed by atoms with Gasteiger partial charge in [-0.05, 0) is 45.6 Å². The van der Waals surface area contributed by atoms with Gasteiger partial charge in [-0.25, -0.2) is 14.4 Å².